The summed E-state index contributed by atoms with van der Waals surface area (Å²) >= 11 is 5.13. The Bertz CT molecular complexity index is 620. The smallest absolute Gasteiger partial charge is 0.339 e. The van der Waals surface area contributed by atoms with Gasteiger partial charge in [0.05, 0.1) is 5.56 Å². The Balaban J connectivity index is 2.74. The SMILES string of the molecule is Cc1c(C(=O)O)cnc(=S)n1-c1ccccc1. The lowest BCUT2D eigenvalue weighted by molar-refractivity contribution is 0.0694. The number of hydrogen-bond donors (Lipinski definition) is 1. The average Bonchev–Trinajstić information content (AvgIpc) is 2.30. The molecule has 0 aliphatic heterocycles. The first kappa shape index (κ1) is 11.5. The lowest BCUT2D eigenvalue weighted by Gasteiger charge is -2.12. The van der Waals surface area contributed by atoms with Crippen LogP contribution in [-0.2, 0) is 0 Å². The van der Waals surface area contributed by atoms with Crippen molar-refractivity contribution in [3.63, 3.8) is 0 Å². The molecule has 0 bridgehead atoms. The van der Waals surface area contributed by atoms with Gasteiger partial charge in [-0.15, -0.1) is 0 Å². The van der Waals surface area contributed by atoms with Crippen molar-refractivity contribution in [3.8, 4) is 5.69 Å². The number of aromatic nitrogens is 2. The number of para-hydroxylation sites is 1. The number of rotatable bonds is 2. The summed E-state index contributed by atoms with van der Waals surface area (Å²) in [6.07, 6.45) is 1.29. The minimum atomic E-state index is -1.00. The minimum Gasteiger partial charge on any atom is -0.478 e. The molecule has 0 unspecified atom stereocenters. The highest BCUT2D eigenvalue weighted by Gasteiger charge is 2.12. The quantitative estimate of drug-likeness (QED) is 0.827. The Labute approximate surface area is 103 Å². The second-order valence-corrected chi connectivity index (χ2v) is 3.88. The molecule has 0 fully saturated rings. The molecule has 1 heterocycles. The fraction of sp³-hybridized carbons (Fsp3) is 0.0833. The Morgan fingerprint density at radius 3 is 2.59 bits per heavy atom. The highest BCUT2D eigenvalue weighted by molar-refractivity contribution is 7.71. The Morgan fingerprint density at radius 1 is 1.35 bits per heavy atom. The first-order valence-electron chi connectivity index (χ1n) is 4.98. The fourth-order valence-corrected chi connectivity index (χ4v) is 1.92. The Morgan fingerprint density at radius 2 is 2.00 bits per heavy atom. The maximum Gasteiger partial charge on any atom is 0.339 e. The van der Waals surface area contributed by atoms with Gasteiger partial charge in [0.1, 0.15) is 0 Å². The summed E-state index contributed by atoms with van der Waals surface area (Å²) in [7, 11) is 0. The van der Waals surface area contributed by atoms with E-state index in [1.165, 1.54) is 6.20 Å². The molecular weight excluding hydrogens is 236 g/mol. The molecule has 2 aromatic rings. The zero-order valence-corrected chi connectivity index (χ0v) is 9.94. The maximum absolute atomic E-state index is 11.0. The van der Waals surface area contributed by atoms with Gasteiger partial charge in [0, 0.05) is 17.6 Å². The number of nitrogens with zero attached hydrogens (tertiary/aromatic N) is 2. The van der Waals surface area contributed by atoms with Gasteiger partial charge in [0.25, 0.3) is 0 Å². The van der Waals surface area contributed by atoms with Crippen LogP contribution in [-0.4, -0.2) is 20.6 Å². The van der Waals surface area contributed by atoms with E-state index < -0.39 is 5.97 Å². The standard InChI is InChI=1S/C12H10N2O2S/c1-8-10(11(15)16)7-13-12(17)14(8)9-5-3-2-4-6-9/h2-7H,1H3,(H,15,16). The summed E-state index contributed by atoms with van der Waals surface area (Å²) in [6, 6.07) is 9.33. The first-order valence-corrected chi connectivity index (χ1v) is 5.39. The molecule has 86 valence electrons. The van der Waals surface area contributed by atoms with Crippen molar-refractivity contribution in [1.82, 2.24) is 9.55 Å². The minimum absolute atomic E-state index is 0.155. The molecule has 1 N–H and O–H groups in total. The molecule has 0 saturated carbocycles. The number of carbonyl (C=O) groups is 1. The van der Waals surface area contributed by atoms with E-state index in [0.717, 1.165) is 5.69 Å². The van der Waals surface area contributed by atoms with Crippen molar-refractivity contribution in [2.75, 3.05) is 0 Å². The van der Waals surface area contributed by atoms with Crippen LogP contribution in [0.25, 0.3) is 5.69 Å². The van der Waals surface area contributed by atoms with Crippen LogP contribution in [0.5, 0.6) is 0 Å². The molecule has 0 radical (unpaired) electrons. The molecular formula is C12H10N2O2S. The van der Waals surface area contributed by atoms with Crippen LogP contribution in [0.4, 0.5) is 0 Å². The zero-order valence-electron chi connectivity index (χ0n) is 9.12. The summed E-state index contributed by atoms with van der Waals surface area (Å²) in [5.41, 5.74) is 1.54. The molecule has 0 atom stereocenters. The summed E-state index contributed by atoms with van der Waals surface area (Å²) in [6.45, 7) is 1.72. The van der Waals surface area contributed by atoms with Crippen molar-refractivity contribution in [1.29, 1.82) is 0 Å². The molecule has 0 spiro atoms. The van der Waals surface area contributed by atoms with E-state index in [1.54, 1.807) is 11.5 Å². The van der Waals surface area contributed by atoms with Crippen molar-refractivity contribution in [2.45, 2.75) is 6.92 Å². The second kappa shape index (κ2) is 4.47. The van der Waals surface area contributed by atoms with Crippen LogP contribution >= 0.6 is 12.2 Å². The van der Waals surface area contributed by atoms with Gasteiger partial charge < -0.3 is 5.11 Å². The summed E-state index contributed by atoms with van der Waals surface area (Å²) < 4.78 is 2.00. The van der Waals surface area contributed by atoms with Gasteiger partial charge in [-0.25, -0.2) is 9.78 Å². The van der Waals surface area contributed by atoms with Crippen LogP contribution in [0.2, 0.25) is 0 Å². The van der Waals surface area contributed by atoms with Gasteiger partial charge in [-0.1, -0.05) is 18.2 Å². The van der Waals surface area contributed by atoms with Crippen LogP contribution in [0.1, 0.15) is 16.1 Å². The molecule has 1 aromatic carbocycles. The van der Waals surface area contributed by atoms with Crippen molar-refractivity contribution in [2.24, 2.45) is 0 Å². The molecule has 0 aliphatic rings. The first-order chi connectivity index (χ1) is 8.11. The van der Waals surface area contributed by atoms with Gasteiger partial charge in [-0.3, -0.25) is 4.57 Å². The number of carboxylic acid groups (broad SMARTS) is 1. The molecule has 2 rings (SSSR count). The highest BCUT2D eigenvalue weighted by atomic mass is 32.1. The zero-order chi connectivity index (χ0) is 12.4. The monoisotopic (exact) mass is 246 g/mol. The van der Waals surface area contributed by atoms with Crippen LogP contribution in [0.15, 0.2) is 36.5 Å². The Kier molecular flexibility index (Phi) is 3.01. The van der Waals surface area contributed by atoms with Gasteiger partial charge in [0.2, 0.25) is 4.77 Å². The summed E-state index contributed by atoms with van der Waals surface area (Å²) in [4.78, 5) is 15.0. The molecule has 0 amide bonds. The summed E-state index contributed by atoms with van der Waals surface area (Å²) in [5, 5.41) is 9.04. The molecule has 1 aromatic heterocycles. The van der Waals surface area contributed by atoms with Gasteiger partial charge in [-0.05, 0) is 31.3 Å². The van der Waals surface area contributed by atoms with Crippen LogP contribution < -0.4 is 0 Å². The van der Waals surface area contributed by atoms with Crippen LogP contribution in [0.3, 0.4) is 0 Å². The number of benzene rings is 1. The predicted molar refractivity (Wildman–Crippen MR) is 66.1 cm³/mol. The van der Waals surface area contributed by atoms with Crippen LogP contribution in [0, 0.1) is 11.7 Å². The highest BCUT2D eigenvalue weighted by Crippen LogP contribution is 2.14. The topological polar surface area (TPSA) is 55.1 Å². The van der Waals surface area contributed by atoms with Crippen molar-refractivity contribution in [3.05, 3.63) is 52.6 Å². The van der Waals surface area contributed by atoms with E-state index in [4.69, 9.17) is 17.3 Å². The van der Waals surface area contributed by atoms with Gasteiger partial charge >= 0.3 is 5.97 Å². The number of aromatic carboxylic acids is 1. The van der Waals surface area contributed by atoms with E-state index in [0.29, 0.717) is 10.5 Å². The van der Waals surface area contributed by atoms with Crippen molar-refractivity contribution >= 4 is 18.2 Å². The third-order valence-electron chi connectivity index (χ3n) is 2.47. The van der Waals surface area contributed by atoms with Gasteiger partial charge in [0.15, 0.2) is 0 Å². The third kappa shape index (κ3) is 2.09. The van der Waals surface area contributed by atoms with E-state index in [-0.39, 0.29) is 5.56 Å². The Hall–Kier alpha value is -2.01. The number of carboxylic acids is 1. The predicted octanol–water partition coefficient (Wildman–Crippen LogP) is 2.61. The fourth-order valence-electron chi connectivity index (χ4n) is 1.63. The van der Waals surface area contributed by atoms with E-state index in [9.17, 15) is 4.79 Å². The maximum atomic E-state index is 11.0. The number of hydrogen-bond acceptors (Lipinski definition) is 3. The lowest BCUT2D eigenvalue weighted by atomic mass is 10.2. The van der Waals surface area contributed by atoms with E-state index >= 15 is 0 Å². The molecule has 17 heavy (non-hydrogen) atoms. The van der Waals surface area contributed by atoms with E-state index in [2.05, 4.69) is 4.98 Å². The average molecular weight is 246 g/mol. The normalized spacial score (nSPS) is 10.2. The molecule has 0 saturated heterocycles. The summed E-state index contributed by atoms with van der Waals surface area (Å²) in [5.74, 6) is -1.00. The van der Waals surface area contributed by atoms with E-state index in [1.807, 2.05) is 30.3 Å². The second-order valence-electron chi connectivity index (χ2n) is 3.52. The third-order valence-corrected chi connectivity index (χ3v) is 2.75. The van der Waals surface area contributed by atoms with Gasteiger partial charge in [-0.2, -0.15) is 0 Å². The van der Waals surface area contributed by atoms with Crippen molar-refractivity contribution < 1.29 is 9.90 Å². The largest absolute Gasteiger partial charge is 0.478 e. The molecule has 4 nitrogen and oxygen atoms in total. The molecule has 0 aliphatic carbocycles. The lowest BCUT2D eigenvalue weighted by Crippen LogP contribution is -2.11. The molecule has 5 heteroatoms.